The fraction of sp³-hybridized carbons (Fsp3) is 0.647. The van der Waals surface area contributed by atoms with Gasteiger partial charge in [-0.05, 0) is 48.9 Å². The van der Waals surface area contributed by atoms with E-state index in [1.165, 1.54) is 30.4 Å². The molecule has 102 valence electrons. The van der Waals surface area contributed by atoms with E-state index in [1.54, 1.807) is 0 Å². The summed E-state index contributed by atoms with van der Waals surface area (Å²) in [6.07, 6.45) is 3.61. The maximum atomic E-state index is 3.54. The maximum Gasteiger partial charge on any atom is -0.00199 e. The van der Waals surface area contributed by atoms with Gasteiger partial charge in [-0.15, -0.1) is 0 Å². The molecule has 0 bridgehead atoms. The Morgan fingerprint density at radius 1 is 0.944 bits per heavy atom. The topological polar surface area (TPSA) is 12.0 Å². The summed E-state index contributed by atoms with van der Waals surface area (Å²) < 4.78 is 0. The first-order valence-corrected chi connectivity index (χ1v) is 7.40. The molecule has 0 heterocycles. The van der Waals surface area contributed by atoms with Crippen LogP contribution in [-0.2, 0) is 12.8 Å². The van der Waals surface area contributed by atoms with Crippen molar-refractivity contribution in [1.82, 2.24) is 5.32 Å². The summed E-state index contributed by atoms with van der Waals surface area (Å²) in [5, 5.41) is 3.54. The van der Waals surface area contributed by atoms with Gasteiger partial charge < -0.3 is 5.32 Å². The third kappa shape index (κ3) is 6.20. The van der Waals surface area contributed by atoms with Gasteiger partial charge in [-0.25, -0.2) is 0 Å². The largest absolute Gasteiger partial charge is 0.316 e. The van der Waals surface area contributed by atoms with Crippen molar-refractivity contribution in [2.45, 2.75) is 47.0 Å². The van der Waals surface area contributed by atoms with Gasteiger partial charge in [0, 0.05) is 0 Å². The zero-order valence-electron chi connectivity index (χ0n) is 12.5. The van der Waals surface area contributed by atoms with Gasteiger partial charge in [0.15, 0.2) is 0 Å². The first kappa shape index (κ1) is 15.2. The lowest BCUT2D eigenvalue weighted by molar-refractivity contribution is 0.473. The van der Waals surface area contributed by atoms with Gasteiger partial charge in [0.05, 0.1) is 0 Å². The monoisotopic (exact) mass is 247 g/mol. The Morgan fingerprint density at radius 3 is 2.11 bits per heavy atom. The molecular formula is C17H29N. The van der Waals surface area contributed by atoms with Crippen LogP contribution >= 0.6 is 0 Å². The number of hydrogen-bond donors (Lipinski definition) is 1. The van der Waals surface area contributed by atoms with E-state index in [0.29, 0.717) is 5.92 Å². The highest BCUT2D eigenvalue weighted by Gasteiger charge is 2.04. The van der Waals surface area contributed by atoms with Gasteiger partial charge in [-0.2, -0.15) is 0 Å². The van der Waals surface area contributed by atoms with Crippen LogP contribution in [0.15, 0.2) is 24.3 Å². The summed E-state index contributed by atoms with van der Waals surface area (Å²) in [5.41, 5.74) is 2.93. The van der Waals surface area contributed by atoms with Crippen molar-refractivity contribution in [3.8, 4) is 0 Å². The Bertz CT molecular complexity index is 313. The first-order valence-electron chi connectivity index (χ1n) is 7.40. The van der Waals surface area contributed by atoms with Crippen molar-refractivity contribution in [2.24, 2.45) is 11.8 Å². The first-order chi connectivity index (χ1) is 8.61. The molecule has 1 atom stereocenters. The third-order valence-corrected chi connectivity index (χ3v) is 3.19. The van der Waals surface area contributed by atoms with Crippen molar-refractivity contribution in [1.29, 1.82) is 0 Å². The normalized spacial score (nSPS) is 12.9. The van der Waals surface area contributed by atoms with E-state index in [9.17, 15) is 0 Å². The summed E-state index contributed by atoms with van der Waals surface area (Å²) in [7, 11) is 0. The average Bonchev–Trinajstić information content (AvgIpc) is 2.31. The molecule has 1 nitrogen and oxygen atoms in total. The van der Waals surface area contributed by atoms with Gasteiger partial charge in [0.25, 0.3) is 0 Å². The highest BCUT2D eigenvalue weighted by Crippen LogP contribution is 2.11. The van der Waals surface area contributed by atoms with Gasteiger partial charge in [-0.3, -0.25) is 0 Å². The Balaban J connectivity index is 2.32. The minimum atomic E-state index is 0.709. The summed E-state index contributed by atoms with van der Waals surface area (Å²) in [4.78, 5) is 0. The van der Waals surface area contributed by atoms with Crippen molar-refractivity contribution in [3.05, 3.63) is 35.4 Å². The second-order valence-corrected chi connectivity index (χ2v) is 5.93. The van der Waals surface area contributed by atoms with Crippen molar-refractivity contribution in [2.75, 3.05) is 13.1 Å². The fourth-order valence-electron chi connectivity index (χ4n) is 2.22. The number of aryl methyl sites for hydroxylation is 1. The van der Waals surface area contributed by atoms with Crippen LogP contribution in [0.2, 0.25) is 0 Å². The average molecular weight is 247 g/mol. The minimum Gasteiger partial charge on any atom is -0.316 e. The smallest absolute Gasteiger partial charge is 0.00199 e. The zero-order chi connectivity index (χ0) is 13.4. The molecule has 0 aliphatic carbocycles. The van der Waals surface area contributed by atoms with Crippen LogP contribution < -0.4 is 5.32 Å². The van der Waals surface area contributed by atoms with E-state index in [-0.39, 0.29) is 0 Å². The Kier molecular flexibility index (Phi) is 7.04. The second kappa shape index (κ2) is 8.31. The lowest BCUT2D eigenvalue weighted by atomic mass is 9.99. The molecule has 0 aromatic heterocycles. The van der Waals surface area contributed by atoms with Gasteiger partial charge >= 0.3 is 0 Å². The lowest BCUT2D eigenvalue weighted by Gasteiger charge is -2.14. The molecule has 1 aromatic rings. The molecule has 0 fully saturated rings. The van der Waals surface area contributed by atoms with E-state index in [1.807, 2.05) is 0 Å². The van der Waals surface area contributed by atoms with Crippen molar-refractivity contribution < 1.29 is 0 Å². The molecule has 0 spiro atoms. The van der Waals surface area contributed by atoms with Crippen LogP contribution in [0.3, 0.4) is 0 Å². The molecule has 0 aliphatic rings. The molecule has 0 saturated heterocycles. The van der Waals surface area contributed by atoms with E-state index in [2.05, 4.69) is 57.3 Å². The summed E-state index contributed by atoms with van der Waals surface area (Å²) in [5.74, 6) is 1.45. The molecule has 1 rings (SSSR count). The number of benzene rings is 1. The van der Waals surface area contributed by atoms with Crippen molar-refractivity contribution in [3.63, 3.8) is 0 Å². The fourth-order valence-corrected chi connectivity index (χ4v) is 2.22. The molecule has 18 heavy (non-hydrogen) atoms. The summed E-state index contributed by atoms with van der Waals surface area (Å²) in [6, 6.07) is 9.16. The van der Waals surface area contributed by atoms with Crippen LogP contribution in [0, 0.1) is 11.8 Å². The maximum absolute atomic E-state index is 3.54. The van der Waals surface area contributed by atoms with E-state index in [4.69, 9.17) is 0 Å². The van der Waals surface area contributed by atoms with Crippen LogP contribution in [0.25, 0.3) is 0 Å². The Labute approximate surface area is 113 Å². The van der Waals surface area contributed by atoms with E-state index in [0.717, 1.165) is 19.0 Å². The highest BCUT2D eigenvalue weighted by molar-refractivity contribution is 5.23. The quantitative estimate of drug-likeness (QED) is 0.730. The number of rotatable bonds is 8. The zero-order valence-corrected chi connectivity index (χ0v) is 12.5. The molecule has 0 saturated carbocycles. The van der Waals surface area contributed by atoms with Gasteiger partial charge in [-0.1, -0.05) is 58.4 Å². The van der Waals surface area contributed by atoms with Crippen LogP contribution in [0.1, 0.15) is 45.2 Å². The van der Waals surface area contributed by atoms with Gasteiger partial charge in [0.1, 0.15) is 0 Å². The second-order valence-electron chi connectivity index (χ2n) is 5.93. The number of hydrogen-bond acceptors (Lipinski definition) is 1. The predicted octanol–water partition coefficient (Wildman–Crippen LogP) is 4.06. The molecule has 1 aromatic carbocycles. The van der Waals surface area contributed by atoms with E-state index >= 15 is 0 Å². The standard InChI is InChI=1S/C17H29N/c1-5-6-16-7-9-17(10-8-16)11-15(4)13-18-12-14(2)3/h7-10,14-15,18H,5-6,11-13H2,1-4H3. The van der Waals surface area contributed by atoms with Crippen LogP contribution in [-0.4, -0.2) is 13.1 Å². The van der Waals surface area contributed by atoms with Crippen molar-refractivity contribution >= 4 is 0 Å². The lowest BCUT2D eigenvalue weighted by Crippen LogP contribution is -2.26. The SMILES string of the molecule is CCCc1ccc(CC(C)CNCC(C)C)cc1. The Hall–Kier alpha value is -0.820. The molecule has 0 amide bonds. The predicted molar refractivity (Wildman–Crippen MR) is 81.0 cm³/mol. The molecule has 1 unspecified atom stereocenters. The van der Waals surface area contributed by atoms with Gasteiger partial charge in [0.2, 0.25) is 0 Å². The molecule has 0 aliphatic heterocycles. The Morgan fingerprint density at radius 2 is 1.56 bits per heavy atom. The van der Waals surface area contributed by atoms with Crippen LogP contribution in [0.5, 0.6) is 0 Å². The van der Waals surface area contributed by atoms with Crippen LogP contribution in [0.4, 0.5) is 0 Å². The molecule has 1 heteroatoms. The molecule has 1 N–H and O–H groups in total. The summed E-state index contributed by atoms with van der Waals surface area (Å²) in [6.45, 7) is 11.3. The third-order valence-electron chi connectivity index (χ3n) is 3.19. The highest BCUT2D eigenvalue weighted by atomic mass is 14.9. The molecular weight excluding hydrogens is 218 g/mol. The number of nitrogens with one attached hydrogen (secondary N) is 1. The molecule has 0 radical (unpaired) electrons. The summed E-state index contributed by atoms with van der Waals surface area (Å²) >= 11 is 0. The minimum absolute atomic E-state index is 0.709. The van der Waals surface area contributed by atoms with E-state index < -0.39 is 0 Å².